The van der Waals surface area contributed by atoms with Gasteiger partial charge < -0.3 is 14.8 Å². The number of carbonyl (C=O) groups is 2. The topological polar surface area (TPSA) is 64.6 Å². The molecule has 0 aliphatic rings. The molecule has 0 spiro atoms. The predicted molar refractivity (Wildman–Crippen MR) is 79.9 cm³/mol. The highest BCUT2D eigenvalue weighted by Crippen LogP contribution is 2.39. The zero-order valence-electron chi connectivity index (χ0n) is 11.8. The van der Waals surface area contributed by atoms with Crippen LogP contribution in [0.2, 0.25) is 5.02 Å². The number of rotatable bonds is 4. The Bertz CT molecular complexity index is 638. The van der Waals surface area contributed by atoms with Crippen molar-refractivity contribution in [2.24, 2.45) is 0 Å². The number of alkyl halides is 3. The summed E-state index contributed by atoms with van der Waals surface area (Å²) in [5, 5.41) is 2.14. The number of hydrogen-bond donors (Lipinski definition) is 1. The molecule has 0 aliphatic carbocycles. The lowest BCUT2D eigenvalue weighted by molar-refractivity contribution is -0.138. The maximum atomic E-state index is 12.7. The Kier molecular flexibility index (Phi) is 6.46. The van der Waals surface area contributed by atoms with Crippen LogP contribution in [0.15, 0.2) is 28.4 Å². The van der Waals surface area contributed by atoms with Crippen molar-refractivity contribution in [2.75, 3.05) is 19.5 Å². The average molecular weight is 417 g/mol. The van der Waals surface area contributed by atoms with E-state index in [2.05, 4.69) is 30.7 Å². The smallest absolute Gasteiger partial charge is 0.416 e. The van der Waals surface area contributed by atoms with Crippen LogP contribution in [0.3, 0.4) is 0 Å². The summed E-state index contributed by atoms with van der Waals surface area (Å²) in [6.45, 7) is 0. The molecule has 23 heavy (non-hydrogen) atoms. The first-order valence-corrected chi connectivity index (χ1v) is 6.98. The molecule has 0 aliphatic heterocycles. The number of benzene rings is 1. The SMILES string of the molecule is COC(=O)/C=C(/Nc1c(Cl)cc(C(F)(F)F)cc1Br)C(=O)OC. The van der Waals surface area contributed by atoms with Gasteiger partial charge in [-0.1, -0.05) is 11.6 Å². The van der Waals surface area contributed by atoms with E-state index in [4.69, 9.17) is 11.6 Å². The molecule has 5 nitrogen and oxygen atoms in total. The fraction of sp³-hybridized carbons (Fsp3) is 0.231. The van der Waals surface area contributed by atoms with E-state index in [-0.39, 0.29) is 20.9 Å². The van der Waals surface area contributed by atoms with E-state index in [0.29, 0.717) is 6.07 Å². The third-order valence-corrected chi connectivity index (χ3v) is 3.42. The minimum absolute atomic E-state index is 0.0415. The van der Waals surface area contributed by atoms with E-state index in [0.717, 1.165) is 26.4 Å². The highest BCUT2D eigenvalue weighted by Gasteiger charge is 2.32. The van der Waals surface area contributed by atoms with E-state index in [1.807, 2.05) is 0 Å². The Morgan fingerprint density at radius 1 is 1.26 bits per heavy atom. The van der Waals surface area contributed by atoms with Crippen molar-refractivity contribution in [1.82, 2.24) is 0 Å². The van der Waals surface area contributed by atoms with Gasteiger partial charge in [-0.15, -0.1) is 0 Å². The fourth-order valence-electron chi connectivity index (χ4n) is 1.42. The molecule has 0 atom stereocenters. The Balaban J connectivity index is 3.27. The van der Waals surface area contributed by atoms with Crippen molar-refractivity contribution >= 4 is 45.2 Å². The first kappa shape index (κ1) is 19.3. The highest BCUT2D eigenvalue weighted by molar-refractivity contribution is 9.10. The van der Waals surface area contributed by atoms with Crippen molar-refractivity contribution in [3.05, 3.63) is 39.0 Å². The van der Waals surface area contributed by atoms with Crippen LogP contribution in [-0.2, 0) is 25.2 Å². The van der Waals surface area contributed by atoms with Crippen LogP contribution in [0.4, 0.5) is 18.9 Å². The predicted octanol–water partition coefficient (Wildman–Crippen LogP) is 3.76. The third kappa shape index (κ3) is 5.14. The number of hydrogen-bond acceptors (Lipinski definition) is 5. The number of ether oxygens (including phenoxy) is 2. The molecule has 0 heterocycles. The number of esters is 2. The van der Waals surface area contributed by atoms with Crippen molar-refractivity contribution in [2.45, 2.75) is 6.18 Å². The summed E-state index contributed by atoms with van der Waals surface area (Å²) < 4.78 is 46.9. The molecule has 1 rings (SSSR count). The molecule has 0 amide bonds. The van der Waals surface area contributed by atoms with E-state index in [1.54, 1.807) is 0 Å². The lowest BCUT2D eigenvalue weighted by atomic mass is 10.2. The largest absolute Gasteiger partial charge is 0.466 e. The Morgan fingerprint density at radius 2 is 1.87 bits per heavy atom. The molecule has 0 fully saturated rings. The number of nitrogens with one attached hydrogen (secondary N) is 1. The second-order valence-corrected chi connectivity index (χ2v) is 5.27. The normalized spacial score (nSPS) is 11.9. The van der Waals surface area contributed by atoms with Gasteiger partial charge in [0.15, 0.2) is 0 Å². The number of halogens is 5. The van der Waals surface area contributed by atoms with E-state index in [1.165, 1.54) is 0 Å². The summed E-state index contributed by atoms with van der Waals surface area (Å²) in [5.74, 6) is -1.80. The minimum Gasteiger partial charge on any atom is -0.466 e. The van der Waals surface area contributed by atoms with Crippen LogP contribution in [0.1, 0.15) is 5.56 Å². The molecule has 1 N–H and O–H groups in total. The molecular weight excluding hydrogens is 406 g/mol. The Hall–Kier alpha value is -1.74. The van der Waals surface area contributed by atoms with Gasteiger partial charge in [0, 0.05) is 4.47 Å². The highest BCUT2D eigenvalue weighted by atomic mass is 79.9. The van der Waals surface area contributed by atoms with Gasteiger partial charge in [0.25, 0.3) is 0 Å². The van der Waals surface area contributed by atoms with Gasteiger partial charge >= 0.3 is 18.1 Å². The average Bonchev–Trinajstić information content (AvgIpc) is 2.47. The van der Waals surface area contributed by atoms with Crippen LogP contribution in [-0.4, -0.2) is 26.2 Å². The van der Waals surface area contributed by atoms with Crippen LogP contribution < -0.4 is 5.32 Å². The van der Waals surface area contributed by atoms with Gasteiger partial charge in [-0.2, -0.15) is 13.2 Å². The van der Waals surface area contributed by atoms with Crippen LogP contribution in [0.5, 0.6) is 0 Å². The number of methoxy groups -OCH3 is 2. The van der Waals surface area contributed by atoms with Gasteiger partial charge in [0.1, 0.15) is 5.70 Å². The van der Waals surface area contributed by atoms with Gasteiger partial charge in [-0.3, -0.25) is 0 Å². The summed E-state index contributed by atoms with van der Waals surface area (Å²) in [5.41, 5.74) is -1.38. The van der Waals surface area contributed by atoms with Gasteiger partial charge in [0.05, 0.1) is 36.6 Å². The molecule has 0 aromatic heterocycles. The van der Waals surface area contributed by atoms with Crippen LogP contribution in [0.25, 0.3) is 0 Å². The summed E-state index contributed by atoms with van der Waals surface area (Å²) in [6, 6.07) is 1.46. The van der Waals surface area contributed by atoms with E-state index >= 15 is 0 Å². The molecule has 0 radical (unpaired) electrons. The van der Waals surface area contributed by atoms with Crippen molar-refractivity contribution in [3.8, 4) is 0 Å². The molecule has 10 heteroatoms. The van der Waals surface area contributed by atoms with E-state index < -0.39 is 23.7 Å². The summed E-state index contributed by atoms with van der Waals surface area (Å²) in [4.78, 5) is 22.9. The first-order valence-electron chi connectivity index (χ1n) is 5.81. The van der Waals surface area contributed by atoms with Gasteiger partial charge in [0.2, 0.25) is 0 Å². The van der Waals surface area contributed by atoms with Crippen LogP contribution >= 0.6 is 27.5 Å². The molecule has 0 unspecified atom stereocenters. The lowest BCUT2D eigenvalue weighted by Crippen LogP contribution is -2.16. The standard InChI is InChI=1S/C13H10BrClF3NO4/c1-22-10(20)5-9(12(21)23-2)19-11-7(14)3-6(4-8(11)15)13(16,17)18/h3-5,19H,1-2H3/b9-5+. The number of carbonyl (C=O) groups excluding carboxylic acids is 2. The molecular formula is C13H10BrClF3NO4. The summed E-state index contributed by atoms with van der Waals surface area (Å²) in [6.07, 6.45) is -3.80. The molecule has 1 aromatic carbocycles. The lowest BCUT2D eigenvalue weighted by Gasteiger charge is -2.15. The molecule has 1 aromatic rings. The molecule has 126 valence electrons. The summed E-state index contributed by atoms with van der Waals surface area (Å²) >= 11 is 8.75. The fourth-order valence-corrected chi connectivity index (χ4v) is 2.36. The van der Waals surface area contributed by atoms with Crippen molar-refractivity contribution in [1.29, 1.82) is 0 Å². The maximum absolute atomic E-state index is 12.7. The number of anilines is 1. The Morgan fingerprint density at radius 3 is 2.30 bits per heavy atom. The second-order valence-electron chi connectivity index (χ2n) is 4.01. The van der Waals surface area contributed by atoms with Crippen molar-refractivity contribution in [3.63, 3.8) is 0 Å². The molecule has 0 saturated carbocycles. The second kappa shape index (κ2) is 7.69. The molecule has 0 saturated heterocycles. The summed E-state index contributed by atoms with van der Waals surface area (Å²) in [7, 11) is 2.16. The minimum atomic E-state index is -4.59. The van der Waals surface area contributed by atoms with Crippen LogP contribution in [0, 0.1) is 0 Å². The zero-order chi connectivity index (χ0) is 17.8. The van der Waals surface area contributed by atoms with Gasteiger partial charge in [-0.25, -0.2) is 9.59 Å². The first-order chi connectivity index (χ1) is 10.6. The quantitative estimate of drug-likeness (QED) is 0.598. The zero-order valence-corrected chi connectivity index (χ0v) is 14.1. The molecule has 0 bridgehead atoms. The van der Waals surface area contributed by atoms with Crippen molar-refractivity contribution < 1.29 is 32.2 Å². The van der Waals surface area contributed by atoms with Gasteiger partial charge in [-0.05, 0) is 28.1 Å². The monoisotopic (exact) mass is 415 g/mol. The Labute approximate surface area is 142 Å². The maximum Gasteiger partial charge on any atom is 0.416 e. The third-order valence-electron chi connectivity index (χ3n) is 2.50. The van der Waals surface area contributed by atoms with E-state index in [9.17, 15) is 22.8 Å².